The third-order valence-electron chi connectivity index (χ3n) is 4.23. The van der Waals surface area contributed by atoms with E-state index >= 15 is 0 Å². The highest BCUT2D eigenvalue weighted by atomic mass is 16.5. The number of carbonyl (C=O) groups is 1. The molecule has 0 bridgehead atoms. The molecule has 0 aliphatic heterocycles. The Kier molecular flexibility index (Phi) is 7.33. The van der Waals surface area contributed by atoms with Crippen LogP contribution in [0.1, 0.15) is 30.9 Å². The maximum absolute atomic E-state index is 12.1. The van der Waals surface area contributed by atoms with Gasteiger partial charge in [0.15, 0.2) is 0 Å². The monoisotopic (exact) mass is 341 g/mol. The summed E-state index contributed by atoms with van der Waals surface area (Å²) in [4.78, 5) is 12.1. The Bertz CT molecular complexity index is 670. The second-order valence-corrected chi connectivity index (χ2v) is 6.17. The molecule has 1 amide bonds. The van der Waals surface area contributed by atoms with E-state index in [1.165, 1.54) is 5.56 Å². The Labute approximate surface area is 150 Å². The predicted molar refractivity (Wildman–Crippen MR) is 100 cm³/mol. The van der Waals surface area contributed by atoms with E-state index in [1.54, 1.807) is 14.2 Å². The van der Waals surface area contributed by atoms with E-state index in [9.17, 15) is 4.79 Å². The molecule has 25 heavy (non-hydrogen) atoms. The number of hydrogen-bond donors (Lipinski definition) is 1. The molecular formula is C21H27NO3. The zero-order chi connectivity index (χ0) is 18.1. The maximum Gasteiger partial charge on any atom is 0.220 e. The van der Waals surface area contributed by atoms with Gasteiger partial charge in [-0.15, -0.1) is 0 Å². The molecule has 0 saturated heterocycles. The summed E-state index contributed by atoms with van der Waals surface area (Å²) in [6.07, 6.45) is 2.99. The molecule has 0 fully saturated rings. The van der Waals surface area contributed by atoms with E-state index in [1.807, 2.05) is 55.5 Å². The van der Waals surface area contributed by atoms with Crippen LogP contribution in [0.15, 0.2) is 48.5 Å². The van der Waals surface area contributed by atoms with Crippen molar-refractivity contribution in [2.75, 3.05) is 14.2 Å². The van der Waals surface area contributed by atoms with Crippen LogP contribution in [0.25, 0.3) is 0 Å². The van der Waals surface area contributed by atoms with E-state index < -0.39 is 0 Å². The van der Waals surface area contributed by atoms with Gasteiger partial charge in [-0.3, -0.25) is 4.79 Å². The van der Waals surface area contributed by atoms with E-state index in [0.717, 1.165) is 36.3 Å². The van der Waals surface area contributed by atoms with Crippen molar-refractivity contribution in [3.8, 4) is 11.5 Å². The van der Waals surface area contributed by atoms with E-state index in [0.29, 0.717) is 6.42 Å². The Morgan fingerprint density at radius 2 is 1.80 bits per heavy atom. The Balaban J connectivity index is 1.78. The zero-order valence-corrected chi connectivity index (χ0v) is 15.2. The van der Waals surface area contributed by atoms with Crippen LogP contribution in [0.2, 0.25) is 0 Å². The first-order chi connectivity index (χ1) is 12.1. The van der Waals surface area contributed by atoms with E-state index in [2.05, 4.69) is 5.32 Å². The molecular weight excluding hydrogens is 314 g/mol. The summed E-state index contributed by atoms with van der Waals surface area (Å²) < 4.78 is 10.6. The molecule has 134 valence electrons. The molecule has 4 nitrogen and oxygen atoms in total. The van der Waals surface area contributed by atoms with Crippen molar-refractivity contribution in [2.45, 2.75) is 38.6 Å². The summed E-state index contributed by atoms with van der Waals surface area (Å²) in [5, 5.41) is 3.08. The molecule has 0 saturated carbocycles. The fourth-order valence-electron chi connectivity index (χ4n) is 2.75. The fourth-order valence-corrected chi connectivity index (χ4v) is 2.75. The molecule has 0 aliphatic carbocycles. The highest BCUT2D eigenvalue weighted by Gasteiger charge is 2.10. The molecule has 2 rings (SSSR count). The minimum absolute atomic E-state index is 0.0954. The molecule has 4 heteroatoms. The number of ether oxygens (including phenoxy) is 2. The first kappa shape index (κ1) is 18.8. The van der Waals surface area contributed by atoms with Crippen molar-refractivity contribution >= 4 is 5.91 Å². The quantitative estimate of drug-likeness (QED) is 0.755. The smallest absolute Gasteiger partial charge is 0.220 e. The van der Waals surface area contributed by atoms with Gasteiger partial charge in [0, 0.05) is 18.5 Å². The second kappa shape index (κ2) is 9.72. The van der Waals surface area contributed by atoms with Crippen molar-refractivity contribution < 1.29 is 14.3 Å². The number of rotatable bonds is 9. The second-order valence-electron chi connectivity index (χ2n) is 6.17. The maximum atomic E-state index is 12.1. The van der Waals surface area contributed by atoms with Crippen LogP contribution in [-0.2, 0) is 17.6 Å². The molecule has 1 N–H and O–H groups in total. The third kappa shape index (κ3) is 6.14. The van der Waals surface area contributed by atoms with Crippen LogP contribution in [-0.4, -0.2) is 26.2 Å². The fraction of sp³-hybridized carbons (Fsp3) is 0.381. The van der Waals surface area contributed by atoms with Gasteiger partial charge in [-0.1, -0.05) is 36.4 Å². The van der Waals surface area contributed by atoms with Gasteiger partial charge in [0.2, 0.25) is 5.91 Å². The SMILES string of the molecule is COc1ccc(CC[C@H](C)NC(=O)CCc2ccccc2)c(OC)c1. The standard InChI is InChI=1S/C21H27NO3/c1-16(22-21(23)14-10-17-7-5-4-6-8-17)9-11-18-12-13-19(24-2)15-20(18)25-3/h4-8,12-13,15-16H,9-11,14H2,1-3H3,(H,22,23)/t16-/m0/s1. The summed E-state index contributed by atoms with van der Waals surface area (Å²) in [5.41, 5.74) is 2.31. The zero-order valence-electron chi connectivity index (χ0n) is 15.2. The molecule has 0 radical (unpaired) electrons. The van der Waals surface area contributed by atoms with Crippen LogP contribution in [0.5, 0.6) is 11.5 Å². The lowest BCUT2D eigenvalue weighted by atomic mass is 10.0. The Hall–Kier alpha value is -2.49. The Morgan fingerprint density at radius 1 is 1.04 bits per heavy atom. The van der Waals surface area contributed by atoms with Gasteiger partial charge >= 0.3 is 0 Å². The van der Waals surface area contributed by atoms with Crippen molar-refractivity contribution in [3.63, 3.8) is 0 Å². The summed E-state index contributed by atoms with van der Waals surface area (Å²) >= 11 is 0. The van der Waals surface area contributed by atoms with Crippen LogP contribution >= 0.6 is 0 Å². The lowest BCUT2D eigenvalue weighted by Gasteiger charge is -2.15. The lowest BCUT2D eigenvalue weighted by molar-refractivity contribution is -0.121. The summed E-state index contributed by atoms with van der Waals surface area (Å²) in [5.74, 6) is 1.70. The molecule has 2 aromatic rings. The van der Waals surface area contributed by atoms with Gasteiger partial charge in [-0.05, 0) is 43.4 Å². The van der Waals surface area contributed by atoms with Gasteiger partial charge in [0.25, 0.3) is 0 Å². The molecule has 0 aromatic heterocycles. The molecule has 0 heterocycles. The van der Waals surface area contributed by atoms with E-state index in [-0.39, 0.29) is 11.9 Å². The summed E-state index contributed by atoms with van der Waals surface area (Å²) in [6.45, 7) is 2.04. The predicted octanol–water partition coefficient (Wildman–Crippen LogP) is 3.77. The first-order valence-electron chi connectivity index (χ1n) is 8.66. The number of nitrogens with one attached hydrogen (secondary N) is 1. The number of methoxy groups -OCH3 is 2. The van der Waals surface area contributed by atoms with E-state index in [4.69, 9.17) is 9.47 Å². The van der Waals surface area contributed by atoms with Gasteiger partial charge in [0.05, 0.1) is 14.2 Å². The summed E-state index contributed by atoms with van der Waals surface area (Å²) in [6, 6.07) is 16.0. The number of carbonyl (C=O) groups excluding carboxylic acids is 1. The normalized spacial score (nSPS) is 11.6. The highest BCUT2D eigenvalue weighted by Crippen LogP contribution is 2.25. The highest BCUT2D eigenvalue weighted by molar-refractivity contribution is 5.76. The van der Waals surface area contributed by atoms with Gasteiger partial charge < -0.3 is 14.8 Å². The molecule has 1 atom stereocenters. The van der Waals surface area contributed by atoms with Crippen molar-refractivity contribution in [2.24, 2.45) is 0 Å². The number of benzene rings is 2. The van der Waals surface area contributed by atoms with Crippen molar-refractivity contribution in [1.82, 2.24) is 5.32 Å². The van der Waals surface area contributed by atoms with Crippen molar-refractivity contribution in [1.29, 1.82) is 0 Å². The minimum Gasteiger partial charge on any atom is -0.497 e. The number of aryl methyl sites for hydroxylation is 2. The van der Waals surface area contributed by atoms with Crippen LogP contribution in [0, 0.1) is 0 Å². The minimum atomic E-state index is 0.0954. The van der Waals surface area contributed by atoms with Gasteiger partial charge in [-0.2, -0.15) is 0 Å². The third-order valence-corrected chi connectivity index (χ3v) is 4.23. The van der Waals surface area contributed by atoms with Crippen molar-refractivity contribution in [3.05, 3.63) is 59.7 Å². The molecule has 0 unspecified atom stereocenters. The Morgan fingerprint density at radius 3 is 2.48 bits per heavy atom. The van der Waals surface area contributed by atoms with Gasteiger partial charge in [0.1, 0.15) is 11.5 Å². The number of amides is 1. The number of hydrogen-bond acceptors (Lipinski definition) is 3. The topological polar surface area (TPSA) is 47.6 Å². The van der Waals surface area contributed by atoms with Crippen LogP contribution < -0.4 is 14.8 Å². The largest absolute Gasteiger partial charge is 0.497 e. The lowest BCUT2D eigenvalue weighted by Crippen LogP contribution is -2.33. The average molecular weight is 341 g/mol. The molecule has 0 aliphatic rings. The average Bonchev–Trinajstić information content (AvgIpc) is 2.65. The molecule has 2 aromatic carbocycles. The summed E-state index contributed by atoms with van der Waals surface area (Å²) in [7, 11) is 3.30. The van der Waals surface area contributed by atoms with Crippen LogP contribution in [0.4, 0.5) is 0 Å². The van der Waals surface area contributed by atoms with Crippen LogP contribution in [0.3, 0.4) is 0 Å². The molecule has 0 spiro atoms. The first-order valence-corrected chi connectivity index (χ1v) is 8.66. The van der Waals surface area contributed by atoms with Gasteiger partial charge in [-0.25, -0.2) is 0 Å².